The minimum Gasteiger partial charge on any atom is -0.465 e. The summed E-state index contributed by atoms with van der Waals surface area (Å²) in [5.41, 5.74) is -0.111. The summed E-state index contributed by atoms with van der Waals surface area (Å²) in [4.78, 5) is 29.7. The number of hydrogen-bond acceptors (Lipinski definition) is 10. The average Bonchev–Trinajstić information content (AvgIpc) is 3.63. The largest absolute Gasteiger partial charge is 0.465 e. The molecule has 1 aromatic heterocycles. The lowest BCUT2D eigenvalue weighted by Gasteiger charge is -2.20. The van der Waals surface area contributed by atoms with Gasteiger partial charge in [-0.25, -0.2) is 18.4 Å². The van der Waals surface area contributed by atoms with Crippen LogP contribution in [0, 0.1) is 11.6 Å². The van der Waals surface area contributed by atoms with Crippen molar-refractivity contribution < 1.29 is 43.3 Å². The molecule has 1 fully saturated rings. The van der Waals surface area contributed by atoms with Gasteiger partial charge in [0.25, 0.3) is 0 Å². The van der Waals surface area contributed by atoms with Crippen LogP contribution in [0.5, 0.6) is 0 Å². The third-order valence-electron chi connectivity index (χ3n) is 6.35. The maximum absolute atomic E-state index is 15.1. The van der Waals surface area contributed by atoms with Gasteiger partial charge in [-0.2, -0.15) is 8.75 Å². The molecule has 3 heterocycles. The number of hydrogen-bond donors (Lipinski definition) is 4. The number of carbonyl (C=O) groups excluding carboxylic acids is 1. The lowest BCUT2D eigenvalue weighted by molar-refractivity contribution is -0.0878. The van der Waals surface area contributed by atoms with Gasteiger partial charge in [0.1, 0.15) is 23.4 Å². The molecule has 0 saturated carbocycles. The van der Waals surface area contributed by atoms with Crippen LogP contribution in [0.2, 0.25) is 0 Å². The Morgan fingerprint density at radius 3 is 2.49 bits per heavy atom. The van der Waals surface area contributed by atoms with Crippen LogP contribution in [0.1, 0.15) is 17.7 Å². The molecule has 4 N–H and O–H groups in total. The van der Waals surface area contributed by atoms with Crippen molar-refractivity contribution in [2.45, 2.75) is 24.5 Å². The third kappa shape index (κ3) is 5.23. The minimum absolute atomic E-state index is 0.0192. The number of aliphatic hydroxyl groups is 2. The second-order valence-corrected chi connectivity index (χ2v) is 9.50. The van der Waals surface area contributed by atoms with Crippen LogP contribution in [0.3, 0.4) is 0 Å². The van der Waals surface area contributed by atoms with Gasteiger partial charge in [-0.1, -0.05) is 17.3 Å². The zero-order valence-corrected chi connectivity index (χ0v) is 20.8. The highest BCUT2D eigenvalue weighted by Crippen LogP contribution is 2.33. The molecule has 0 aliphatic carbocycles. The molecule has 5 rings (SSSR count). The molecular weight excluding hydrogens is 540 g/mol. The Labute approximate surface area is 223 Å². The molecular formula is C24H21F2N5O7S. The molecule has 0 radical (unpaired) electrons. The molecule has 204 valence electrons. The van der Waals surface area contributed by atoms with E-state index in [9.17, 15) is 19.8 Å². The summed E-state index contributed by atoms with van der Waals surface area (Å²) in [6, 6.07) is 7.99. The van der Waals surface area contributed by atoms with E-state index in [0.29, 0.717) is 17.0 Å². The molecule has 2 amide bonds. The molecule has 39 heavy (non-hydrogen) atoms. The number of cyclic esters (lactones) is 1. The highest BCUT2D eigenvalue weighted by atomic mass is 32.1. The molecule has 2 aliphatic rings. The number of halogens is 2. The van der Waals surface area contributed by atoms with E-state index in [-0.39, 0.29) is 42.0 Å². The first kappa shape index (κ1) is 26.4. The highest BCUT2D eigenvalue weighted by Gasteiger charge is 2.39. The first-order valence-electron chi connectivity index (χ1n) is 11.6. The SMILES string of the molecule is O=C(O)Nc1nsnc1C[C@@H]1CN(c2ccc(-c3ccc(C4=NOC(CO)(CO)C4)cc3F)c(F)c2)C(=O)O1. The second kappa shape index (κ2) is 10.5. The fraction of sp³-hybridized carbons (Fsp3) is 0.292. The van der Waals surface area contributed by atoms with E-state index in [1.165, 1.54) is 35.2 Å². The molecule has 1 atom stereocenters. The van der Waals surface area contributed by atoms with E-state index in [4.69, 9.17) is 14.7 Å². The van der Waals surface area contributed by atoms with E-state index >= 15 is 8.78 Å². The van der Waals surface area contributed by atoms with Crippen molar-refractivity contribution in [1.29, 1.82) is 0 Å². The second-order valence-electron chi connectivity index (χ2n) is 8.97. The standard InChI is InChI=1S/C24H21F2N5O7S/c25-17-5-12(20-8-24(10-32,11-33)38-28-20)1-3-15(17)16-4-2-13(6-18(16)26)31-9-14(37-23(31)36)7-19-21(27-22(34)35)30-39-29-19/h1-6,14,32-33H,7-11H2,(H,27,30)(H,34,35)/t14-/m1/s1. The maximum Gasteiger partial charge on any atom is 0.414 e. The third-order valence-corrected chi connectivity index (χ3v) is 6.92. The zero-order chi connectivity index (χ0) is 27.7. The number of nitrogens with one attached hydrogen (secondary N) is 1. The van der Waals surface area contributed by atoms with E-state index < -0.39 is 48.7 Å². The molecule has 0 bridgehead atoms. The number of carboxylic acid groups (broad SMARTS) is 1. The van der Waals surface area contributed by atoms with E-state index in [1.807, 2.05) is 0 Å². The van der Waals surface area contributed by atoms with Crippen molar-refractivity contribution in [2.75, 3.05) is 30.0 Å². The lowest BCUT2D eigenvalue weighted by atomic mass is 9.94. The summed E-state index contributed by atoms with van der Waals surface area (Å²) >= 11 is 0.809. The number of anilines is 2. The number of ether oxygens (including phenoxy) is 1. The minimum atomic E-state index is -1.30. The first-order chi connectivity index (χ1) is 18.7. The molecule has 15 heteroatoms. The Morgan fingerprint density at radius 1 is 1.13 bits per heavy atom. The fourth-order valence-corrected chi connectivity index (χ4v) is 4.82. The normalized spacial score (nSPS) is 18.1. The molecule has 12 nitrogen and oxygen atoms in total. The molecule has 0 unspecified atom stereocenters. The van der Waals surface area contributed by atoms with Gasteiger partial charge in [0, 0.05) is 29.5 Å². The Morgan fingerprint density at radius 2 is 1.85 bits per heavy atom. The van der Waals surface area contributed by atoms with Crippen molar-refractivity contribution in [3.63, 3.8) is 0 Å². The number of nitrogens with zero attached hydrogens (tertiary/aromatic N) is 4. The number of aromatic nitrogens is 2. The summed E-state index contributed by atoms with van der Waals surface area (Å²) in [6.07, 6.45) is -2.53. The summed E-state index contributed by atoms with van der Waals surface area (Å²) in [5, 5.41) is 33.8. The Hall–Kier alpha value is -4.21. The molecule has 2 aliphatic heterocycles. The predicted molar refractivity (Wildman–Crippen MR) is 134 cm³/mol. The van der Waals surface area contributed by atoms with Gasteiger partial charge in [-0.05, 0) is 24.3 Å². The van der Waals surface area contributed by atoms with Gasteiger partial charge in [-0.3, -0.25) is 10.2 Å². The fourth-order valence-electron chi connectivity index (χ4n) is 4.29. The number of oxime groups is 1. The van der Waals surface area contributed by atoms with Crippen LogP contribution in [0.4, 0.5) is 29.9 Å². The molecule has 1 saturated heterocycles. The van der Waals surface area contributed by atoms with Crippen molar-refractivity contribution in [3.8, 4) is 11.1 Å². The quantitative estimate of drug-likeness (QED) is 0.323. The Balaban J connectivity index is 1.30. The van der Waals surface area contributed by atoms with E-state index in [1.54, 1.807) is 0 Å². The van der Waals surface area contributed by atoms with Gasteiger partial charge < -0.3 is 24.9 Å². The van der Waals surface area contributed by atoms with Gasteiger partial charge in [0.2, 0.25) is 0 Å². The topological polar surface area (TPSA) is 167 Å². The first-order valence-corrected chi connectivity index (χ1v) is 12.3. The summed E-state index contributed by atoms with van der Waals surface area (Å²) in [6.45, 7) is -0.881. The van der Waals surface area contributed by atoms with E-state index in [0.717, 1.165) is 17.8 Å². The van der Waals surface area contributed by atoms with Crippen LogP contribution in [-0.2, 0) is 16.0 Å². The number of aliphatic hydroxyl groups excluding tert-OH is 2. The summed E-state index contributed by atoms with van der Waals surface area (Å²) in [7, 11) is 0. The summed E-state index contributed by atoms with van der Waals surface area (Å²) in [5.74, 6) is -1.44. The van der Waals surface area contributed by atoms with E-state index in [2.05, 4.69) is 19.2 Å². The van der Waals surface area contributed by atoms with Gasteiger partial charge >= 0.3 is 12.2 Å². The predicted octanol–water partition coefficient (Wildman–Crippen LogP) is 2.99. The number of rotatable bonds is 8. The van der Waals surface area contributed by atoms with Crippen molar-refractivity contribution in [1.82, 2.24) is 8.75 Å². The molecule has 0 spiro atoms. The van der Waals surface area contributed by atoms with Crippen molar-refractivity contribution >= 4 is 41.1 Å². The zero-order valence-electron chi connectivity index (χ0n) is 20.0. The molecule has 3 aromatic rings. The number of carbonyl (C=O) groups is 2. The monoisotopic (exact) mass is 561 g/mol. The number of amides is 2. The highest BCUT2D eigenvalue weighted by molar-refractivity contribution is 6.99. The number of benzene rings is 2. The van der Waals surface area contributed by atoms with Crippen molar-refractivity contribution in [3.05, 3.63) is 59.3 Å². The van der Waals surface area contributed by atoms with Crippen LogP contribution >= 0.6 is 11.7 Å². The molecule has 2 aromatic carbocycles. The maximum atomic E-state index is 15.1. The van der Waals surface area contributed by atoms with Crippen LogP contribution in [0.25, 0.3) is 11.1 Å². The lowest BCUT2D eigenvalue weighted by Crippen LogP contribution is -2.37. The van der Waals surface area contributed by atoms with Crippen molar-refractivity contribution in [2.24, 2.45) is 5.16 Å². The van der Waals surface area contributed by atoms with Crippen LogP contribution in [0.15, 0.2) is 41.6 Å². The van der Waals surface area contributed by atoms with Gasteiger partial charge in [0.15, 0.2) is 11.4 Å². The van der Waals surface area contributed by atoms with Crippen LogP contribution < -0.4 is 10.2 Å². The van der Waals surface area contributed by atoms with Crippen LogP contribution in [-0.4, -0.2) is 73.4 Å². The smallest absolute Gasteiger partial charge is 0.414 e. The summed E-state index contributed by atoms with van der Waals surface area (Å²) < 4.78 is 43.4. The average molecular weight is 562 g/mol. The Kier molecular flexibility index (Phi) is 7.12. The van der Waals surface area contributed by atoms with Gasteiger partial charge in [0.05, 0.1) is 42.9 Å². The Bertz CT molecular complexity index is 1460. The van der Waals surface area contributed by atoms with Gasteiger partial charge in [-0.15, -0.1) is 0 Å².